The van der Waals surface area contributed by atoms with Crippen molar-refractivity contribution in [2.24, 2.45) is 0 Å². The lowest BCUT2D eigenvalue weighted by Gasteiger charge is -2.27. The molecule has 2 rings (SSSR count). The van der Waals surface area contributed by atoms with Crippen LogP contribution in [0.25, 0.3) is 0 Å². The summed E-state index contributed by atoms with van der Waals surface area (Å²) < 4.78 is 0. The first kappa shape index (κ1) is 13.0. The smallest absolute Gasteiger partial charge is 0.0108 e. The summed E-state index contributed by atoms with van der Waals surface area (Å²) >= 11 is 1.98. The molecule has 1 aliphatic heterocycles. The molecule has 2 atom stereocenters. The van der Waals surface area contributed by atoms with Crippen LogP contribution in [0.5, 0.6) is 0 Å². The van der Waals surface area contributed by atoms with E-state index in [4.69, 9.17) is 0 Å². The molecule has 0 aromatic heterocycles. The highest BCUT2D eigenvalue weighted by atomic mass is 32.2. The van der Waals surface area contributed by atoms with E-state index in [-0.39, 0.29) is 0 Å². The maximum Gasteiger partial charge on any atom is 0.0108 e. The molecule has 2 unspecified atom stereocenters. The van der Waals surface area contributed by atoms with Gasteiger partial charge in [0.25, 0.3) is 0 Å². The number of likely N-dealkylation sites (tertiary alicyclic amines) is 1. The standard InChI is InChI=1S/C15H23NS/c1-3-14-10-9-13(2)16(14)11-12-17-15-7-5-4-6-8-15/h4-8,13-14H,3,9-12H2,1-2H3. The van der Waals surface area contributed by atoms with Gasteiger partial charge in [0.05, 0.1) is 0 Å². The predicted molar refractivity (Wildman–Crippen MR) is 76.6 cm³/mol. The average Bonchev–Trinajstić information content (AvgIpc) is 2.72. The molecule has 1 aromatic carbocycles. The van der Waals surface area contributed by atoms with Gasteiger partial charge in [0.2, 0.25) is 0 Å². The van der Waals surface area contributed by atoms with E-state index in [1.54, 1.807) is 0 Å². The summed E-state index contributed by atoms with van der Waals surface area (Å²) in [7, 11) is 0. The largest absolute Gasteiger partial charge is 0.297 e. The Bertz CT molecular complexity index is 325. The third-order valence-electron chi connectivity index (χ3n) is 3.79. The molecule has 1 saturated heterocycles. The first-order chi connectivity index (χ1) is 8.31. The summed E-state index contributed by atoms with van der Waals surface area (Å²) in [6.45, 7) is 5.93. The van der Waals surface area contributed by atoms with Crippen molar-refractivity contribution in [1.29, 1.82) is 0 Å². The van der Waals surface area contributed by atoms with Crippen LogP contribution in [0, 0.1) is 0 Å². The molecule has 1 heterocycles. The molecule has 94 valence electrons. The fourth-order valence-electron chi connectivity index (χ4n) is 2.75. The Kier molecular flexibility index (Phi) is 4.93. The molecule has 1 aromatic rings. The molecule has 0 amide bonds. The quantitative estimate of drug-likeness (QED) is 0.725. The molecule has 0 spiro atoms. The molecule has 0 N–H and O–H groups in total. The van der Waals surface area contributed by atoms with E-state index in [2.05, 4.69) is 49.1 Å². The Morgan fingerprint density at radius 2 is 2.00 bits per heavy atom. The van der Waals surface area contributed by atoms with Gasteiger partial charge in [-0.15, -0.1) is 11.8 Å². The first-order valence-corrected chi connectivity index (χ1v) is 7.73. The highest BCUT2D eigenvalue weighted by Crippen LogP contribution is 2.27. The van der Waals surface area contributed by atoms with Gasteiger partial charge in [-0.1, -0.05) is 25.1 Å². The second-order valence-electron chi connectivity index (χ2n) is 4.89. The second kappa shape index (κ2) is 6.46. The van der Waals surface area contributed by atoms with Gasteiger partial charge in [-0.2, -0.15) is 0 Å². The molecule has 1 nitrogen and oxygen atoms in total. The number of hydrogen-bond donors (Lipinski definition) is 0. The van der Waals surface area contributed by atoms with Gasteiger partial charge in [0, 0.05) is 29.3 Å². The zero-order chi connectivity index (χ0) is 12.1. The normalized spacial score (nSPS) is 25.3. The fraction of sp³-hybridized carbons (Fsp3) is 0.600. The van der Waals surface area contributed by atoms with Gasteiger partial charge < -0.3 is 0 Å². The maximum atomic E-state index is 2.70. The van der Waals surface area contributed by atoms with E-state index in [1.807, 2.05) is 11.8 Å². The lowest BCUT2D eigenvalue weighted by Crippen LogP contribution is -2.35. The van der Waals surface area contributed by atoms with Gasteiger partial charge in [0.15, 0.2) is 0 Å². The predicted octanol–water partition coefficient (Wildman–Crippen LogP) is 4.04. The molecule has 17 heavy (non-hydrogen) atoms. The number of nitrogens with zero attached hydrogens (tertiary/aromatic N) is 1. The summed E-state index contributed by atoms with van der Waals surface area (Å²) in [5.74, 6) is 1.21. The van der Waals surface area contributed by atoms with Crippen LogP contribution >= 0.6 is 11.8 Å². The fourth-order valence-corrected chi connectivity index (χ4v) is 3.64. The molecule has 0 saturated carbocycles. The highest BCUT2D eigenvalue weighted by Gasteiger charge is 2.28. The Morgan fingerprint density at radius 3 is 2.71 bits per heavy atom. The number of benzene rings is 1. The molecule has 2 heteroatoms. The minimum atomic E-state index is 0.788. The number of hydrogen-bond acceptors (Lipinski definition) is 2. The van der Waals surface area contributed by atoms with Crippen LogP contribution in [0.4, 0.5) is 0 Å². The number of rotatable bonds is 5. The van der Waals surface area contributed by atoms with Gasteiger partial charge in [0.1, 0.15) is 0 Å². The minimum Gasteiger partial charge on any atom is -0.297 e. The molecule has 0 bridgehead atoms. The van der Waals surface area contributed by atoms with Crippen LogP contribution in [-0.4, -0.2) is 29.3 Å². The topological polar surface area (TPSA) is 3.24 Å². The van der Waals surface area contributed by atoms with E-state index < -0.39 is 0 Å². The Morgan fingerprint density at radius 1 is 1.24 bits per heavy atom. The van der Waals surface area contributed by atoms with Crippen molar-refractivity contribution in [3.05, 3.63) is 30.3 Å². The van der Waals surface area contributed by atoms with Gasteiger partial charge in [-0.25, -0.2) is 0 Å². The van der Waals surface area contributed by atoms with Crippen molar-refractivity contribution in [2.75, 3.05) is 12.3 Å². The van der Waals surface area contributed by atoms with E-state index in [0.717, 1.165) is 12.1 Å². The van der Waals surface area contributed by atoms with Crippen LogP contribution in [0.3, 0.4) is 0 Å². The third-order valence-corrected chi connectivity index (χ3v) is 4.78. The lowest BCUT2D eigenvalue weighted by atomic mass is 10.2. The van der Waals surface area contributed by atoms with Crippen LogP contribution < -0.4 is 0 Å². The maximum absolute atomic E-state index is 2.70. The molecule has 0 aliphatic carbocycles. The molecular weight excluding hydrogens is 226 g/mol. The first-order valence-electron chi connectivity index (χ1n) is 6.75. The van der Waals surface area contributed by atoms with Gasteiger partial charge >= 0.3 is 0 Å². The van der Waals surface area contributed by atoms with Gasteiger partial charge in [-0.05, 0) is 38.3 Å². The van der Waals surface area contributed by atoms with Gasteiger partial charge in [-0.3, -0.25) is 4.90 Å². The summed E-state index contributed by atoms with van der Waals surface area (Å²) in [6.07, 6.45) is 4.09. The van der Waals surface area contributed by atoms with Crippen molar-refractivity contribution in [2.45, 2.75) is 50.1 Å². The molecule has 1 aliphatic rings. The van der Waals surface area contributed by atoms with E-state index in [9.17, 15) is 0 Å². The van der Waals surface area contributed by atoms with Crippen molar-refractivity contribution in [1.82, 2.24) is 4.90 Å². The zero-order valence-corrected chi connectivity index (χ0v) is 11.7. The SMILES string of the molecule is CCC1CCC(C)N1CCSc1ccccc1. The van der Waals surface area contributed by atoms with E-state index in [1.165, 1.54) is 36.5 Å². The molecule has 0 radical (unpaired) electrons. The Labute approximate surface area is 110 Å². The van der Waals surface area contributed by atoms with Crippen molar-refractivity contribution >= 4 is 11.8 Å². The second-order valence-corrected chi connectivity index (χ2v) is 6.06. The van der Waals surface area contributed by atoms with Crippen LogP contribution in [0.2, 0.25) is 0 Å². The molecular formula is C15H23NS. The van der Waals surface area contributed by atoms with Crippen LogP contribution in [0.1, 0.15) is 33.1 Å². The monoisotopic (exact) mass is 249 g/mol. The minimum absolute atomic E-state index is 0.788. The van der Waals surface area contributed by atoms with Crippen molar-refractivity contribution in [3.8, 4) is 0 Å². The summed E-state index contributed by atoms with van der Waals surface area (Å²) in [5.41, 5.74) is 0. The average molecular weight is 249 g/mol. The van der Waals surface area contributed by atoms with Crippen LogP contribution in [-0.2, 0) is 0 Å². The summed E-state index contributed by atoms with van der Waals surface area (Å²) in [6, 6.07) is 12.4. The number of thioether (sulfide) groups is 1. The third kappa shape index (κ3) is 3.49. The highest BCUT2D eigenvalue weighted by molar-refractivity contribution is 7.99. The lowest BCUT2D eigenvalue weighted by molar-refractivity contribution is 0.212. The van der Waals surface area contributed by atoms with E-state index >= 15 is 0 Å². The Hall–Kier alpha value is -0.470. The summed E-state index contributed by atoms with van der Waals surface area (Å²) in [4.78, 5) is 4.10. The van der Waals surface area contributed by atoms with Crippen molar-refractivity contribution in [3.63, 3.8) is 0 Å². The Balaban J connectivity index is 1.78. The van der Waals surface area contributed by atoms with Crippen LogP contribution in [0.15, 0.2) is 35.2 Å². The van der Waals surface area contributed by atoms with E-state index in [0.29, 0.717) is 0 Å². The zero-order valence-electron chi connectivity index (χ0n) is 10.9. The summed E-state index contributed by atoms with van der Waals surface area (Å²) in [5, 5.41) is 0. The van der Waals surface area contributed by atoms with Crippen molar-refractivity contribution < 1.29 is 0 Å². The molecule has 1 fully saturated rings.